The van der Waals surface area contributed by atoms with Crippen LogP contribution in [0.4, 0.5) is 0 Å². The molecule has 1 aromatic carbocycles. The minimum absolute atomic E-state index is 0.0694. The first-order chi connectivity index (χ1) is 6.58. The molecule has 2 N–H and O–H groups in total. The summed E-state index contributed by atoms with van der Waals surface area (Å²) in [5.74, 6) is 0.144. The number of rotatable bonds is 0. The normalized spacial score (nSPS) is 10.7. The molecule has 2 aromatic rings. The first kappa shape index (κ1) is 8.81. The van der Waals surface area contributed by atoms with Gasteiger partial charge in [0.1, 0.15) is 11.5 Å². The number of hydrogen-bond acceptors (Lipinski definition) is 3. The van der Waals surface area contributed by atoms with Gasteiger partial charge in [-0.2, -0.15) is 0 Å². The zero-order valence-electron chi connectivity index (χ0n) is 8.07. The van der Waals surface area contributed by atoms with Gasteiger partial charge in [-0.15, -0.1) is 0 Å². The van der Waals surface area contributed by atoms with E-state index < -0.39 is 0 Å². The van der Waals surface area contributed by atoms with Gasteiger partial charge in [0.25, 0.3) is 0 Å². The average Bonchev–Trinajstić information content (AvgIpc) is 1.99. The number of fused-ring (bicyclic) bond motifs is 1. The first-order valence-corrected chi connectivity index (χ1v) is 4.38. The molecule has 0 radical (unpaired) electrons. The molecule has 0 amide bonds. The number of phenols is 2. The standard InChI is InChI=1S/C11H11NO2/c1-6-3-8-4-9(13)5-10(14)11(8)7(2)12-6/h3-5,13-14H,1-2H3. The highest BCUT2D eigenvalue weighted by Crippen LogP contribution is 2.31. The van der Waals surface area contributed by atoms with E-state index in [1.54, 1.807) is 6.07 Å². The third-order valence-corrected chi connectivity index (χ3v) is 2.20. The molecule has 3 heteroatoms. The van der Waals surface area contributed by atoms with E-state index in [2.05, 4.69) is 4.98 Å². The number of pyridine rings is 1. The molecule has 0 aliphatic heterocycles. The highest BCUT2D eigenvalue weighted by Gasteiger charge is 2.06. The summed E-state index contributed by atoms with van der Waals surface area (Å²) in [6, 6.07) is 4.78. The quantitative estimate of drug-likeness (QED) is 0.668. The molecule has 1 aromatic heterocycles. The second-order valence-corrected chi connectivity index (χ2v) is 3.41. The molecule has 0 unspecified atom stereocenters. The zero-order valence-corrected chi connectivity index (χ0v) is 8.07. The molecule has 1 heterocycles. The molecule has 3 nitrogen and oxygen atoms in total. The molecule has 0 saturated heterocycles. The van der Waals surface area contributed by atoms with Crippen molar-refractivity contribution in [3.63, 3.8) is 0 Å². The predicted octanol–water partition coefficient (Wildman–Crippen LogP) is 2.26. The molecule has 2 rings (SSSR count). The summed E-state index contributed by atoms with van der Waals surface area (Å²) in [5, 5.41) is 20.5. The van der Waals surface area contributed by atoms with E-state index in [9.17, 15) is 10.2 Å². The summed E-state index contributed by atoms with van der Waals surface area (Å²) in [5.41, 5.74) is 1.65. The molecule has 0 fully saturated rings. The highest BCUT2D eigenvalue weighted by molar-refractivity contribution is 5.91. The Kier molecular flexibility index (Phi) is 1.81. The second-order valence-electron chi connectivity index (χ2n) is 3.41. The van der Waals surface area contributed by atoms with Gasteiger partial charge in [0.15, 0.2) is 0 Å². The Balaban J connectivity index is 2.94. The minimum Gasteiger partial charge on any atom is -0.508 e. The number of aromatic hydroxyl groups is 2. The molecular formula is C11H11NO2. The van der Waals surface area contributed by atoms with E-state index in [-0.39, 0.29) is 11.5 Å². The Bertz CT molecular complexity index is 463. The fraction of sp³-hybridized carbons (Fsp3) is 0.182. The van der Waals surface area contributed by atoms with Crippen molar-refractivity contribution in [1.29, 1.82) is 0 Å². The topological polar surface area (TPSA) is 53.4 Å². The van der Waals surface area contributed by atoms with E-state index in [4.69, 9.17) is 0 Å². The van der Waals surface area contributed by atoms with Crippen LogP contribution in [0.2, 0.25) is 0 Å². The molecule has 0 atom stereocenters. The summed E-state index contributed by atoms with van der Waals surface area (Å²) in [6.45, 7) is 3.72. The Hall–Kier alpha value is -1.77. The predicted molar refractivity (Wildman–Crippen MR) is 54.5 cm³/mol. The van der Waals surface area contributed by atoms with Crippen molar-refractivity contribution in [1.82, 2.24) is 4.98 Å². The van der Waals surface area contributed by atoms with Gasteiger partial charge in [-0.25, -0.2) is 0 Å². The van der Waals surface area contributed by atoms with Crippen LogP contribution < -0.4 is 0 Å². The number of nitrogens with zero attached hydrogens (tertiary/aromatic N) is 1. The Morgan fingerprint density at radius 1 is 1.07 bits per heavy atom. The Labute approximate surface area is 81.7 Å². The highest BCUT2D eigenvalue weighted by atomic mass is 16.3. The summed E-state index contributed by atoms with van der Waals surface area (Å²) in [6.07, 6.45) is 0. The molecule has 72 valence electrons. The molecule has 0 aliphatic carbocycles. The van der Waals surface area contributed by atoms with Crippen LogP contribution in [0.25, 0.3) is 10.8 Å². The van der Waals surface area contributed by atoms with E-state index in [1.807, 2.05) is 19.9 Å². The van der Waals surface area contributed by atoms with Gasteiger partial charge in [0, 0.05) is 22.8 Å². The van der Waals surface area contributed by atoms with Crippen molar-refractivity contribution in [2.75, 3.05) is 0 Å². The van der Waals surface area contributed by atoms with Crippen LogP contribution in [0.1, 0.15) is 11.4 Å². The fourth-order valence-electron chi connectivity index (χ4n) is 1.72. The van der Waals surface area contributed by atoms with Crippen LogP contribution in [-0.4, -0.2) is 15.2 Å². The number of benzene rings is 1. The van der Waals surface area contributed by atoms with E-state index in [1.165, 1.54) is 6.07 Å². The van der Waals surface area contributed by atoms with Gasteiger partial charge < -0.3 is 10.2 Å². The average molecular weight is 189 g/mol. The van der Waals surface area contributed by atoms with Crippen LogP contribution in [0.5, 0.6) is 11.5 Å². The van der Waals surface area contributed by atoms with E-state index in [0.717, 1.165) is 16.8 Å². The number of aryl methyl sites for hydroxylation is 2. The minimum atomic E-state index is 0.0694. The number of phenolic OH excluding ortho intramolecular Hbond substituents is 2. The van der Waals surface area contributed by atoms with Crippen molar-refractivity contribution >= 4 is 10.8 Å². The third kappa shape index (κ3) is 1.27. The van der Waals surface area contributed by atoms with Gasteiger partial charge in [0.05, 0.1) is 0 Å². The molecule has 0 spiro atoms. The number of hydrogen-bond donors (Lipinski definition) is 2. The van der Waals surface area contributed by atoms with E-state index >= 15 is 0 Å². The fourth-order valence-corrected chi connectivity index (χ4v) is 1.72. The van der Waals surface area contributed by atoms with Crippen molar-refractivity contribution in [2.45, 2.75) is 13.8 Å². The van der Waals surface area contributed by atoms with Gasteiger partial charge in [-0.3, -0.25) is 4.98 Å². The maximum atomic E-state index is 9.62. The lowest BCUT2D eigenvalue weighted by Crippen LogP contribution is -1.88. The molecule has 14 heavy (non-hydrogen) atoms. The Morgan fingerprint density at radius 3 is 2.50 bits per heavy atom. The molecule has 0 bridgehead atoms. The smallest absolute Gasteiger partial charge is 0.128 e. The monoisotopic (exact) mass is 189 g/mol. The van der Waals surface area contributed by atoms with E-state index in [0.29, 0.717) is 5.39 Å². The zero-order chi connectivity index (χ0) is 10.3. The van der Waals surface area contributed by atoms with Crippen LogP contribution in [0.15, 0.2) is 18.2 Å². The van der Waals surface area contributed by atoms with Gasteiger partial charge >= 0.3 is 0 Å². The van der Waals surface area contributed by atoms with Crippen LogP contribution in [0, 0.1) is 13.8 Å². The number of aromatic nitrogens is 1. The lowest BCUT2D eigenvalue weighted by Gasteiger charge is -2.06. The lowest BCUT2D eigenvalue weighted by molar-refractivity contribution is 0.455. The maximum Gasteiger partial charge on any atom is 0.128 e. The van der Waals surface area contributed by atoms with Crippen LogP contribution >= 0.6 is 0 Å². The molecule has 0 saturated carbocycles. The molecule has 0 aliphatic rings. The lowest BCUT2D eigenvalue weighted by atomic mass is 10.1. The van der Waals surface area contributed by atoms with Crippen molar-refractivity contribution in [2.24, 2.45) is 0 Å². The van der Waals surface area contributed by atoms with Crippen LogP contribution in [0.3, 0.4) is 0 Å². The van der Waals surface area contributed by atoms with Gasteiger partial charge in [-0.1, -0.05) is 0 Å². The maximum absolute atomic E-state index is 9.62. The largest absolute Gasteiger partial charge is 0.508 e. The van der Waals surface area contributed by atoms with Gasteiger partial charge in [0.2, 0.25) is 0 Å². The summed E-state index contributed by atoms with van der Waals surface area (Å²) < 4.78 is 0. The van der Waals surface area contributed by atoms with Crippen molar-refractivity contribution < 1.29 is 10.2 Å². The summed E-state index contributed by atoms with van der Waals surface area (Å²) in [7, 11) is 0. The summed E-state index contributed by atoms with van der Waals surface area (Å²) >= 11 is 0. The third-order valence-electron chi connectivity index (χ3n) is 2.20. The van der Waals surface area contributed by atoms with Crippen LogP contribution in [-0.2, 0) is 0 Å². The van der Waals surface area contributed by atoms with Crippen molar-refractivity contribution in [3.8, 4) is 11.5 Å². The first-order valence-electron chi connectivity index (χ1n) is 4.38. The summed E-state index contributed by atoms with van der Waals surface area (Å²) in [4.78, 5) is 4.25. The second kappa shape index (κ2) is 2.87. The SMILES string of the molecule is Cc1cc2cc(O)cc(O)c2c(C)n1. The Morgan fingerprint density at radius 2 is 1.79 bits per heavy atom. The molecular weight excluding hydrogens is 178 g/mol. The van der Waals surface area contributed by atoms with Crippen molar-refractivity contribution in [3.05, 3.63) is 29.6 Å². The van der Waals surface area contributed by atoms with Gasteiger partial charge in [-0.05, 0) is 31.4 Å².